The largest absolute Gasteiger partial charge is 0.393 e. The van der Waals surface area contributed by atoms with Crippen LogP contribution in [0.4, 0.5) is 10.2 Å². The third kappa shape index (κ3) is 3.95. The molecule has 1 saturated carbocycles. The number of anilines is 1. The lowest BCUT2D eigenvalue weighted by Crippen LogP contribution is -2.24. The molecule has 0 aromatic carbocycles. The first-order valence-electron chi connectivity index (χ1n) is 6.80. The molecule has 0 spiro atoms. The molecule has 0 amide bonds. The average Bonchev–Trinajstić information content (AvgIpc) is 2.37. The van der Waals surface area contributed by atoms with Crippen LogP contribution in [0.2, 0.25) is 0 Å². The van der Waals surface area contributed by atoms with Gasteiger partial charge < -0.3 is 10.4 Å². The Bertz CT molecular complexity index is 373. The molecule has 3 nitrogen and oxygen atoms in total. The Morgan fingerprint density at radius 1 is 1.33 bits per heavy atom. The molecule has 4 heteroatoms. The molecule has 100 valence electrons. The van der Waals surface area contributed by atoms with E-state index in [0.29, 0.717) is 11.7 Å². The Morgan fingerprint density at radius 3 is 2.94 bits per heavy atom. The number of aromatic nitrogens is 1. The van der Waals surface area contributed by atoms with Crippen LogP contribution < -0.4 is 5.32 Å². The summed E-state index contributed by atoms with van der Waals surface area (Å²) in [5, 5.41) is 12.9. The summed E-state index contributed by atoms with van der Waals surface area (Å²) in [5.74, 6) is 0.572. The van der Waals surface area contributed by atoms with Crippen molar-refractivity contribution in [2.75, 3.05) is 11.9 Å². The number of aliphatic hydroxyl groups is 1. The van der Waals surface area contributed by atoms with E-state index in [1.54, 1.807) is 12.1 Å². The lowest BCUT2D eigenvalue weighted by Gasteiger charge is -2.27. The first-order chi connectivity index (χ1) is 8.75. The van der Waals surface area contributed by atoms with Gasteiger partial charge in [-0.1, -0.05) is 18.9 Å². The fraction of sp³-hybridized carbons (Fsp3) is 0.643. The summed E-state index contributed by atoms with van der Waals surface area (Å²) in [6, 6.07) is 4.75. The van der Waals surface area contributed by atoms with Crippen molar-refractivity contribution in [1.82, 2.24) is 4.98 Å². The zero-order valence-corrected chi connectivity index (χ0v) is 10.6. The van der Waals surface area contributed by atoms with Gasteiger partial charge in [-0.2, -0.15) is 4.39 Å². The van der Waals surface area contributed by atoms with E-state index in [-0.39, 0.29) is 6.10 Å². The maximum Gasteiger partial charge on any atom is 0.214 e. The number of hydrogen-bond donors (Lipinski definition) is 2. The minimum atomic E-state index is -0.456. The van der Waals surface area contributed by atoms with Crippen molar-refractivity contribution in [1.29, 1.82) is 0 Å². The molecule has 0 radical (unpaired) electrons. The molecule has 18 heavy (non-hydrogen) atoms. The predicted octanol–water partition coefficient (Wildman–Crippen LogP) is 2.96. The second kappa shape index (κ2) is 6.69. The number of nitrogens with zero attached hydrogens (tertiary/aromatic N) is 1. The molecule has 1 aromatic rings. The highest BCUT2D eigenvalue weighted by atomic mass is 19.1. The van der Waals surface area contributed by atoms with Crippen LogP contribution in [0.1, 0.15) is 38.5 Å². The van der Waals surface area contributed by atoms with Crippen molar-refractivity contribution in [3.8, 4) is 0 Å². The van der Waals surface area contributed by atoms with Gasteiger partial charge in [0.25, 0.3) is 0 Å². The van der Waals surface area contributed by atoms with Crippen molar-refractivity contribution in [3.05, 3.63) is 24.1 Å². The lowest BCUT2D eigenvalue weighted by atomic mass is 9.83. The van der Waals surface area contributed by atoms with Crippen molar-refractivity contribution < 1.29 is 9.50 Å². The Balaban J connectivity index is 1.66. The summed E-state index contributed by atoms with van der Waals surface area (Å²) in [5.41, 5.74) is 0. The number of hydrogen-bond acceptors (Lipinski definition) is 3. The molecule has 0 aliphatic heterocycles. The first-order valence-corrected chi connectivity index (χ1v) is 6.80. The highest BCUT2D eigenvalue weighted by Crippen LogP contribution is 2.27. The van der Waals surface area contributed by atoms with E-state index in [1.165, 1.54) is 12.5 Å². The van der Waals surface area contributed by atoms with E-state index in [0.717, 1.165) is 38.6 Å². The van der Waals surface area contributed by atoms with Crippen molar-refractivity contribution in [2.24, 2.45) is 5.92 Å². The van der Waals surface area contributed by atoms with Crippen LogP contribution >= 0.6 is 0 Å². The topological polar surface area (TPSA) is 45.1 Å². The third-order valence-corrected chi connectivity index (χ3v) is 3.64. The summed E-state index contributed by atoms with van der Waals surface area (Å²) in [6.07, 6.45) is 6.38. The highest BCUT2D eigenvalue weighted by Gasteiger charge is 2.22. The van der Waals surface area contributed by atoms with Gasteiger partial charge in [-0.3, -0.25) is 0 Å². The van der Waals surface area contributed by atoms with Gasteiger partial charge in [0.2, 0.25) is 5.95 Å². The van der Waals surface area contributed by atoms with Crippen molar-refractivity contribution in [3.63, 3.8) is 0 Å². The Kier molecular flexibility index (Phi) is 4.93. The Labute approximate surface area is 107 Å². The monoisotopic (exact) mass is 252 g/mol. The smallest absolute Gasteiger partial charge is 0.214 e. The minimum Gasteiger partial charge on any atom is -0.393 e. The highest BCUT2D eigenvalue weighted by molar-refractivity contribution is 5.33. The van der Waals surface area contributed by atoms with E-state index in [9.17, 15) is 9.50 Å². The molecule has 0 saturated heterocycles. The Morgan fingerprint density at radius 2 is 2.17 bits per heavy atom. The Hall–Kier alpha value is -1.16. The van der Waals surface area contributed by atoms with Crippen LogP contribution in [0.5, 0.6) is 0 Å². The van der Waals surface area contributed by atoms with Gasteiger partial charge in [-0.05, 0) is 43.7 Å². The van der Waals surface area contributed by atoms with E-state index in [1.807, 2.05) is 0 Å². The van der Waals surface area contributed by atoms with Gasteiger partial charge in [-0.15, -0.1) is 0 Å². The molecule has 1 fully saturated rings. The molecule has 1 heterocycles. The second-order valence-electron chi connectivity index (χ2n) is 5.03. The summed E-state index contributed by atoms with van der Waals surface area (Å²) in [7, 11) is 0. The molecule has 2 unspecified atom stereocenters. The SMILES string of the molecule is OC1CCCCC1CCCNc1cccc(F)n1. The molecule has 1 aliphatic carbocycles. The zero-order valence-electron chi connectivity index (χ0n) is 10.6. The van der Waals surface area contributed by atoms with Crippen molar-refractivity contribution in [2.45, 2.75) is 44.6 Å². The number of rotatable bonds is 5. The molecule has 2 atom stereocenters. The van der Waals surface area contributed by atoms with Crippen LogP contribution in [-0.2, 0) is 0 Å². The van der Waals surface area contributed by atoms with Gasteiger partial charge >= 0.3 is 0 Å². The zero-order chi connectivity index (χ0) is 12.8. The van der Waals surface area contributed by atoms with Crippen LogP contribution in [-0.4, -0.2) is 22.7 Å². The third-order valence-electron chi connectivity index (χ3n) is 3.64. The van der Waals surface area contributed by atoms with E-state index >= 15 is 0 Å². The average molecular weight is 252 g/mol. The summed E-state index contributed by atoms with van der Waals surface area (Å²) in [6.45, 7) is 0.777. The van der Waals surface area contributed by atoms with Crippen LogP contribution in [0, 0.1) is 11.9 Å². The van der Waals surface area contributed by atoms with E-state index in [2.05, 4.69) is 10.3 Å². The van der Waals surface area contributed by atoms with E-state index < -0.39 is 5.95 Å². The maximum absolute atomic E-state index is 12.8. The molecule has 2 rings (SSSR count). The fourth-order valence-corrected chi connectivity index (χ4v) is 2.61. The number of pyridine rings is 1. The maximum atomic E-state index is 12.8. The molecular weight excluding hydrogens is 231 g/mol. The normalized spacial score (nSPS) is 23.9. The van der Waals surface area contributed by atoms with Gasteiger partial charge in [0, 0.05) is 6.54 Å². The quantitative estimate of drug-likeness (QED) is 0.625. The summed E-state index contributed by atoms with van der Waals surface area (Å²) < 4.78 is 12.8. The van der Waals surface area contributed by atoms with Crippen molar-refractivity contribution >= 4 is 5.82 Å². The van der Waals surface area contributed by atoms with Crippen LogP contribution in [0.25, 0.3) is 0 Å². The molecule has 1 aliphatic rings. The lowest BCUT2D eigenvalue weighted by molar-refractivity contribution is 0.0648. The minimum absolute atomic E-state index is 0.119. The molecular formula is C14H21FN2O. The number of halogens is 1. The second-order valence-corrected chi connectivity index (χ2v) is 5.03. The summed E-state index contributed by atoms with van der Waals surface area (Å²) in [4.78, 5) is 3.75. The van der Waals surface area contributed by atoms with Gasteiger partial charge in [0.05, 0.1) is 6.10 Å². The predicted molar refractivity (Wildman–Crippen MR) is 69.9 cm³/mol. The van der Waals surface area contributed by atoms with Crippen LogP contribution in [0.3, 0.4) is 0 Å². The van der Waals surface area contributed by atoms with Gasteiger partial charge in [-0.25, -0.2) is 4.98 Å². The molecule has 1 aromatic heterocycles. The number of nitrogens with one attached hydrogen (secondary N) is 1. The van der Waals surface area contributed by atoms with Gasteiger partial charge in [0.15, 0.2) is 0 Å². The number of aliphatic hydroxyl groups excluding tert-OH is 1. The standard InChI is InChI=1S/C14H21FN2O/c15-13-8-3-9-14(17-13)16-10-4-6-11-5-1-2-7-12(11)18/h3,8-9,11-12,18H,1-2,4-7,10H2,(H,16,17). The molecule has 0 bridgehead atoms. The van der Waals surface area contributed by atoms with E-state index in [4.69, 9.17) is 0 Å². The molecule has 2 N–H and O–H groups in total. The summed E-state index contributed by atoms with van der Waals surface area (Å²) >= 11 is 0. The fourth-order valence-electron chi connectivity index (χ4n) is 2.61. The first kappa shape index (κ1) is 13.3. The van der Waals surface area contributed by atoms with Gasteiger partial charge in [0.1, 0.15) is 5.82 Å². The van der Waals surface area contributed by atoms with Crippen LogP contribution in [0.15, 0.2) is 18.2 Å².